The molecule has 17 heavy (non-hydrogen) atoms. The summed E-state index contributed by atoms with van der Waals surface area (Å²) >= 11 is 0. The molecule has 1 aliphatic rings. The van der Waals surface area contributed by atoms with Crippen molar-refractivity contribution in [2.24, 2.45) is 0 Å². The molecule has 0 saturated heterocycles. The topological polar surface area (TPSA) is 43.4 Å². The molecule has 92 valence electrons. The summed E-state index contributed by atoms with van der Waals surface area (Å²) in [4.78, 5) is 0.373. The molecule has 1 aliphatic carbocycles. The first-order valence-electron chi connectivity index (χ1n) is 5.78. The molecule has 1 atom stereocenters. The number of hydrogen-bond acceptors (Lipinski definition) is 3. The monoisotopic (exact) mass is 252 g/mol. The summed E-state index contributed by atoms with van der Waals surface area (Å²) in [5.41, 5.74) is 0. The quantitative estimate of drug-likeness (QED) is 0.827. The number of allylic oxidation sites excluding steroid dienone is 1. The van der Waals surface area contributed by atoms with E-state index in [1.807, 2.05) is 19.1 Å². The molecule has 4 heteroatoms. The van der Waals surface area contributed by atoms with Crippen molar-refractivity contribution in [3.05, 3.63) is 42.2 Å². The highest BCUT2D eigenvalue weighted by atomic mass is 32.2. The molecule has 0 fully saturated rings. The molecule has 0 heterocycles. The van der Waals surface area contributed by atoms with Gasteiger partial charge in [0.05, 0.1) is 11.5 Å². The van der Waals surface area contributed by atoms with Crippen molar-refractivity contribution >= 4 is 9.84 Å². The van der Waals surface area contributed by atoms with Crippen LogP contribution in [0.3, 0.4) is 0 Å². The zero-order valence-electron chi connectivity index (χ0n) is 9.80. The third-order valence-electron chi connectivity index (χ3n) is 2.85. The molecule has 1 aromatic rings. The van der Waals surface area contributed by atoms with Gasteiger partial charge in [-0.2, -0.15) is 0 Å². The van der Waals surface area contributed by atoms with Gasteiger partial charge in [0.2, 0.25) is 0 Å². The summed E-state index contributed by atoms with van der Waals surface area (Å²) in [5, 5.41) is -0.509. The van der Waals surface area contributed by atoms with Gasteiger partial charge in [0.15, 0.2) is 9.84 Å². The first-order chi connectivity index (χ1) is 8.16. The van der Waals surface area contributed by atoms with Crippen LogP contribution in [0, 0.1) is 0 Å². The fourth-order valence-electron chi connectivity index (χ4n) is 2.05. The summed E-state index contributed by atoms with van der Waals surface area (Å²) in [6.45, 7) is 2.37. The molecule has 2 rings (SSSR count). The van der Waals surface area contributed by atoms with Crippen molar-refractivity contribution < 1.29 is 13.2 Å². The van der Waals surface area contributed by atoms with Crippen LogP contribution in [-0.4, -0.2) is 20.3 Å². The van der Waals surface area contributed by atoms with E-state index < -0.39 is 15.1 Å². The minimum absolute atomic E-state index is 0.373. The highest BCUT2D eigenvalue weighted by Crippen LogP contribution is 2.30. The molecule has 0 radical (unpaired) electrons. The van der Waals surface area contributed by atoms with Crippen LogP contribution in [0.25, 0.3) is 0 Å². The van der Waals surface area contributed by atoms with Crippen LogP contribution < -0.4 is 0 Å². The summed E-state index contributed by atoms with van der Waals surface area (Å²) < 4.78 is 30.2. The lowest BCUT2D eigenvalue weighted by Gasteiger charge is -2.16. The van der Waals surface area contributed by atoms with Crippen LogP contribution in [0.4, 0.5) is 0 Å². The molecule has 0 amide bonds. The summed E-state index contributed by atoms with van der Waals surface area (Å²) in [6.07, 6.45) is 3.27. The van der Waals surface area contributed by atoms with E-state index in [9.17, 15) is 8.42 Å². The molecule has 1 unspecified atom stereocenters. The van der Waals surface area contributed by atoms with Crippen molar-refractivity contribution in [2.75, 3.05) is 6.61 Å². The maximum atomic E-state index is 12.4. The first kappa shape index (κ1) is 12.2. The second kappa shape index (κ2) is 4.92. The highest BCUT2D eigenvalue weighted by Gasteiger charge is 2.34. The molecule has 0 saturated carbocycles. The second-order valence-corrected chi connectivity index (χ2v) is 6.09. The Balaban J connectivity index is 2.31. The van der Waals surface area contributed by atoms with E-state index in [1.165, 1.54) is 0 Å². The molecule has 0 bridgehead atoms. The summed E-state index contributed by atoms with van der Waals surface area (Å²) in [5.74, 6) is 0.608. The Morgan fingerprint density at radius 3 is 2.65 bits per heavy atom. The van der Waals surface area contributed by atoms with Gasteiger partial charge >= 0.3 is 0 Å². The van der Waals surface area contributed by atoms with Crippen LogP contribution in [0.15, 0.2) is 47.1 Å². The van der Waals surface area contributed by atoms with Crippen molar-refractivity contribution in [1.82, 2.24) is 0 Å². The molecule has 1 aromatic carbocycles. The van der Waals surface area contributed by atoms with Gasteiger partial charge < -0.3 is 4.74 Å². The number of ether oxygens (including phenoxy) is 1. The second-order valence-electron chi connectivity index (χ2n) is 3.96. The van der Waals surface area contributed by atoms with Gasteiger partial charge in [0, 0.05) is 0 Å². The minimum atomic E-state index is -3.30. The average Bonchev–Trinajstić information content (AvgIpc) is 2.80. The third kappa shape index (κ3) is 2.36. The smallest absolute Gasteiger partial charge is 0.188 e. The van der Waals surface area contributed by atoms with Crippen molar-refractivity contribution in [2.45, 2.75) is 29.9 Å². The fourth-order valence-corrected chi connectivity index (χ4v) is 3.83. The van der Waals surface area contributed by atoms with Crippen molar-refractivity contribution in [3.63, 3.8) is 0 Å². The number of hydrogen-bond donors (Lipinski definition) is 0. The van der Waals surface area contributed by atoms with E-state index in [-0.39, 0.29) is 0 Å². The van der Waals surface area contributed by atoms with E-state index in [1.54, 1.807) is 24.3 Å². The van der Waals surface area contributed by atoms with Crippen LogP contribution in [0.2, 0.25) is 0 Å². The maximum absolute atomic E-state index is 12.4. The molecular formula is C13H16O3S. The fraction of sp³-hybridized carbons (Fsp3) is 0.385. The van der Waals surface area contributed by atoms with E-state index in [0.29, 0.717) is 23.7 Å². The predicted octanol–water partition coefficient (Wildman–Crippen LogP) is 2.54. The third-order valence-corrected chi connectivity index (χ3v) is 5.00. The van der Waals surface area contributed by atoms with Gasteiger partial charge in [0.25, 0.3) is 0 Å². The standard InChI is InChI=1S/C13H16O3S/c1-2-16-12-9-6-10-13(12)17(14,15)11-7-4-3-5-8-11/h3-5,7-9,13H,2,6,10H2,1H3. The SMILES string of the molecule is CCOC1=CCCC1S(=O)(=O)c1ccccc1. The number of benzene rings is 1. The maximum Gasteiger partial charge on any atom is 0.188 e. The van der Waals surface area contributed by atoms with Crippen molar-refractivity contribution in [1.29, 1.82) is 0 Å². The predicted molar refractivity (Wildman–Crippen MR) is 66.4 cm³/mol. The van der Waals surface area contributed by atoms with E-state index in [0.717, 1.165) is 6.42 Å². The number of sulfone groups is 1. The van der Waals surface area contributed by atoms with E-state index >= 15 is 0 Å². The lowest BCUT2D eigenvalue weighted by atomic mass is 10.3. The van der Waals surface area contributed by atoms with Crippen LogP contribution >= 0.6 is 0 Å². The zero-order chi connectivity index (χ0) is 12.3. The summed E-state index contributed by atoms with van der Waals surface area (Å²) in [7, 11) is -3.30. The average molecular weight is 252 g/mol. The van der Waals surface area contributed by atoms with Crippen LogP contribution in [0.1, 0.15) is 19.8 Å². The molecular weight excluding hydrogens is 236 g/mol. The molecule has 0 spiro atoms. The Kier molecular flexibility index (Phi) is 3.52. The molecule has 3 nitrogen and oxygen atoms in total. The number of rotatable bonds is 4. The summed E-state index contributed by atoms with van der Waals surface area (Å²) in [6, 6.07) is 8.57. The Bertz CT molecular complexity index is 503. The lowest BCUT2D eigenvalue weighted by Crippen LogP contribution is -2.22. The Morgan fingerprint density at radius 1 is 1.29 bits per heavy atom. The normalized spacial score (nSPS) is 20.1. The van der Waals surface area contributed by atoms with Crippen LogP contribution in [0.5, 0.6) is 0 Å². The Hall–Kier alpha value is -1.29. The lowest BCUT2D eigenvalue weighted by molar-refractivity contribution is 0.223. The first-order valence-corrected chi connectivity index (χ1v) is 7.32. The minimum Gasteiger partial charge on any atom is -0.497 e. The van der Waals surface area contributed by atoms with Gasteiger partial charge in [-0.25, -0.2) is 8.42 Å². The van der Waals surface area contributed by atoms with Gasteiger partial charge in [-0.05, 0) is 38.0 Å². The van der Waals surface area contributed by atoms with E-state index in [2.05, 4.69) is 0 Å². The molecule has 0 N–H and O–H groups in total. The zero-order valence-corrected chi connectivity index (χ0v) is 10.6. The van der Waals surface area contributed by atoms with Gasteiger partial charge in [-0.1, -0.05) is 18.2 Å². The van der Waals surface area contributed by atoms with Gasteiger partial charge in [-0.15, -0.1) is 0 Å². The highest BCUT2D eigenvalue weighted by molar-refractivity contribution is 7.92. The Morgan fingerprint density at radius 2 is 2.00 bits per heavy atom. The van der Waals surface area contributed by atoms with Gasteiger partial charge in [0.1, 0.15) is 11.0 Å². The van der Waals surface area contributed by atoms with Crippen LogP contribution in [-0.2, 0) is 14.6 Å². The van der Waals surface area contributed by atoms with E-state index in [4.69, 9.17) is 4.74 Å². The van der Waals surface area contributed by atoms with Crippen molar-refractivity contribution in [3.8, 4) is 0 Å². The Labute approximate surface area is 102 Å². The van der Waals surface area contributed by atoms with Gasteiger partial charge in [-0.3, -0.25) is 0 Å². The largest absolute Gasteiger partial charge is 0.497 e. The molecule has 0 aliphatic heterocycles. The molecule has 0 aromatic heterocycles.